The summed E-state index contributed by atoms with van der Waals surface area (Å²) in [7, 11) is 4.33. The smallest absolute Gasteiger partial charge is 0.119 e. The number of rotatable bonds is 8. The van der Waals surface area contributed by atoms with Crippen LogP contribution < -0.4 is 10.1 Å². The number of nitrogens with one attached hydrogen (secondary N) is 1. The molecule has 1 fully saturated rings. The van der Waals surface area contributed by atoms with Gasteiger partial charge < -0.3 is 19.7 Å². The maximum absolute atomic E-state index is 5.95. The number of benzene rings is 1. The Bertz CT molecular complexity index is 525. The number of ether oxygens (including phenoxy) is 2. The lowest BCUT2D eigenvalue weighted by atomic mass is 9.73. The van der Waals surface area contributed by atoms with Gasteiger partial charge in [-0.2, -0.15) is 0 Å². The molecule has 1 N–H and O–H groups in total. The fraction of sp³-hybridized carbons (Fsp3) is 0.714. The van der Waals surface area contributed by atoms with Gasteiger partial charge in [-0.05, 0) is 72.3 Å². The first-order chi connectivity index (χ1) is 11.7. The van der Waals surface area contributed by atoms with E-state index < -0.39 is 0 Å². The fourth-order valence-electron chi connectivity index (χ4n) is 4.03. The second kappa shape index (κ2) is 8.52. The van der Waals surface area contributed by atoms with Crippen molar-refractivity contribution in [3.8, 4) is 5.75 Å². The molecular formula is C21H36N2O2. The minimum Gasteiger partial charge on any atom is -0.491 e. The third-order valence-corrected chi connectivity index (χ3v) is 4.70. The topological polar surface area (TPSA) is 33.7 Å². The van der Waals surface area contributed by atoms with E-state index in [2.05, 4.69) is 76.3 Å². The Morgan fingerprint density at radius 2 is 1.88 bits per heavy atom. The summed E-state index contributed by atoms with van der Waals surface area (Å²) in [5.41, 5.74) is 1.53. The van der Waals surface area contributed by atoms with E-state index in [9.17, 15) is 0 Å². The fourth-order valence-corrected chi connectivity index (χ4v) is 4.03. The summed E-state index contributed by atoms with van der Waals surface area (Å²) in [6, 6.07) is 8.42. The maximum Gasteiger partial charge on any atom is 0.119 e. The highest BCUT2D eigenvalue weighted by Gasteiger charge is 2.40. The summed E-state index contributed by atoms with van der Waals surface area (Å²) >= 11 is 0. The average Bonchev–Trinajstić information content (AvgIpc) is 2.46. The molecule has 1 aromatic carbocycles. The molecule has 0 bridgehead atoms. The molecule has 0 unspecified atom stereocenters. The minimum atomic E-state index is -0.0359. The third kappa shape index (κ3) is 6.61. The summed E-state index contributed by atoms with van der Waals surface area (Å²) in [5, 5.41) is 3.69. The minimum absolute atomic E-state index is 0.0359. The maximum atomic E-state index is 5.95. The van der Waals surface area contributed by atoms with Crippen LogP contribution in [0, 0.1) is 5.41 Å². The van der Waals surface area contributed by atoms with E-state index in [4.69, 9.17) is 9.47 Å². The van der Waals surface area contributed by atoms with Gasteiger partial charge in [0.25, 0.3) is 0 Å². The highest BCUT2D eigenvalue weighted by atomic mass is 16.5. The van der Waals surface area contributed by atoms with E-state index in [0.717, 1.165) is 44.8 Å². The van der Waals surface area contributed by atoms with Gasteiger partial charge in [-0.25, -0.2) is 0 Å². The van der Waals surface area contributed by atoms with Gasteiger partial charge in [0, 0.05) is 31.7 Å². The van der Waals surface area contributed by atoms with Gasteiger partial charge in [0.2, 0.25) is 0 Å². The van der Waals surface area contributed by atoms with E-state index in [1.165, 1.54) is 5.56 Å². The van der Waals surface area contributed by atoms with Crippen molar-refractivity contribution in [1.82, 2.24) is 10.2 Å². The van der Waals surface area contributed by atoms with Crippen LogP contribution in [-0.4, -0.2) is 50.4 Å². The van der Waals surface area contributed by atoms with Crippen LogP contribution in [-0.2, 0) is 11.3 Å². The molecule has 1 saturated heterocycles. The first-order valence-corrected chi connectivity index (χ1v) is 9.45. The highest BCUT2D eigenvalue weighted by molar-refractivity contribution is 5.27. The van der Waals surface area contributed by atoms with E-state index in [1.807, 2.05) is 0 Å². The highest BCUT2D eigenvalue weighted by Crippen LogP contribution is 2.39. The van der Waals surface area contributed by atoms with Crippen LogP contribution in [0.5, 0.6) is 5.75 Å². The summed E-state index contributed by atoms with van der Waals surface area (Å²) < 4.78 is 11.7. The molecule has 0 aromatic heterocycles. The molecule has 1 atom stereocenters. The van der Waals surface area contributed by atoms with Crippen molar-refractivity contribution in [3.63, 3.8) is 0 Å². The standard InChI is InChI=1S/C21H36N2O2/c1-17(2)25-19-9-7-18(8-10-19)13-22-15-21(16-23(5)6)11-12-24-20(3,4)14-21/h7-10,17,22H,11-16H2,1-6H3/t21-/m1/s1. The van der Waals surface area contributed by atoms with E-state index in [0.29, 0.717) is 0 Å². The zero-order valence-electron chi connectivity index (χ0n) is 16.9. The third-order valence-electron chi connectivity index (χ3n) is 4.70. The molecule has 1 aromatic rings. The molecule has 25 heavy (non-hydrogen) atoms. The Morgan fingerprint density at radius 1 is 1.20 bits per heavy atom. The molecule has 4 nitrogen and oxygen atoms in total. The van der Waals surface area contributed by atoms with Crippen LogP contribution in [0.2, 0.25) is 0 Å². The first kappa shape index (κ1) is 20.2. The SMILES string of the molecule is CC(C)Oc1ccc(CNC[C@@]2(CN(C)C)CCOC(C)(C)C2)cc1. The molecule has 0 amide bonds. The molecule has 142 valence electrons. The van der Waals surface area contributed by atoms with Crippen LogP contribution in [0.3, 0.4) is 0 Å². The van der Waals surface area contributed by atoms with Crippen LogP contribution in [0.15, 0.2) is 24.3 Å². The van der Waals surface area contributed by atoms with Crippen molar-refractivity contribution in [2.45, 2.75) is 58.8 Å². The first-order valence-electron chi connectivity index (χ1n) is 9.45. The Balaban J connectivity index is 1.92. The molecule has 2 rings (SSSR count). The van der Waals surface area contributed by atoms with E-state index >= 15 is 0 Å². The summed E-state index contributed by atoms with van der Waals surface area (Å²) in [4.78, 5) is 2.31. The monoisotopic (exact) mass is 348 g/mol. The Kier molecular flexibility index (Phi) is 6.89. The van der Waals surface area contributed by atoms with E-state index in [1.54, 1.807) is 0 Å². The van der Waals surface area contributed by atoms with Gasteiger partial charge in [-0.3, -0.25) is 0 Å². The van der Waals surface area contributed by atoms with Gasteiger partial charge in [0.15, 0.2) is 0 Å². The van der Waals surface area contributed by atoms with Crippen molar-refractivity contribution in [2.24, 2.45) is 5.41 Å². The van der Waals surface area contributed by atoms with Crippen molar-refractivity contribution >= 4 is 0 Å². The van der Waals surface area contributed by atoms with Gasteiger partial charge in [0.1, 0.15) is 5.75 Å². The van der Waals surface area contributed by atoms with Gasteiger partial charge >= 0.3 is 0 Å². The molecule has 1 aliphatic heterocycles. The quantitative estimate of drug-likeness (QED) is 0.777. The largest absolute Gasteiger partial charge is 0.491 e. The number of hydrogen-bond acceptors (Lipinski definition) is 4. The predicted octanol–water partition coefficient (Wildman–Crippen LogP) is 3.70. The van der Waals surface area contributed by atoms with Crippen LogP contribution >= 0.6 is 0 Å². The summed E-state index contributed by atoms with van der Waals surface area (Å²) in [5.74, 6) is 0.939. The molecule has 0 saturated carbocycles. The molecular weight excluding hydrogens is 312 g/mol. The Morgan fingerprint density at radius 3 is 2.44 bits per heavy atom. The normalized spacial score (nSPS) is 23.2. The molecule has 0 spiro atoms. The molecule has 1 heterocycles. The zero-order chi connectivity index (χ0) is 18.5. The van der Waals surface area contributed by atoms with Crippen molar-refractivity contribution in [2.75, 3.05) is 33.8 Å². The zero-order valence-corrected chi connectivity index (χ0v) is 16.9. The molecule has 0 aliphatic carbocycles. The lowest BCUT2D eigenvalue weighted by molar-refractivity contribution is -0.109. The Labute approximate surface area is 153 Å². The molecule has 1 aliphatic rings. The van der Waals surface area contributed by atoms with E-state index in [-0.39, 0.29) is 17.1 Å². The van der Waals surface area contributed by atoms with Gasteiger partial charge in [-0.15, -0.1) is 0 Å². The number of hydrogen-bond donors (Lipinski definition) is 1. The average molecular weight is 349 g/mol. The van der Waals surface area contributed by atoms with Gasteiger partial charge in [-0.1, -0.05) is 12.1 Å². The predicted molar refractivity (Wildman–Crippen MR) is 104 cm³/mol. The lowest BCUT2D eigenvalue weighted by Gasteiger charge is -2.46. The van der Waals surface area contributed by atoms with Gasteiger partial charge in [0.05, 0.1) is 11.7 Å². The molecule has 0 radical (unpaired) electrons. The Hall–Kier alpha value is -1.10. The van der Waals surface area contributed by atoms with Crippen LogP contribution in [0.25, 0.3) is 0 Å². The van der Waals surface area contributed by atoms with Crippen LogP contribution in [0.4, 0.5) is 0 Å². The number of nitrogens with zero attached hydrogens (tertiary/aromatic N) is 1. The van der Waals surface area contributed by atoms with Crippen molar-refractivity contribution in [1.29, 1.82) is 0 Å². The van der Waals surface area contributed by atoms with Crippen LogP contribution in [0.1, 0.15) is 46.1 Å². The van der Waals surface area contributed by atoms with Crippen molar-refractivity contribution in [3.05, 3.63) is 29.8 Å². The second-order valence-electron chi connectivity index (χ2n) is 8.69. The lowest BCUT2D eigenvalue weighted by Crippen LogP contribution is -2.50. The van der Waals surface area contributed by atoms with Crippen molar-refractivity contribution < 1.29 is 9.47 Å². The summed E-state index contributed by atoms with van der Waals surface area (Å²) in [6.45, 7) is 12.4. The molecule has 4 heteroatoms. The summed E-state index contributed by atoms with van der Waals surface area (Å²) in [6.07, 6.45) is 2.42. The second-order valence-corrected chi connectivity index (χ2v) is 8.69.